The van der Waals surface area contributed by atoms with Crippen molar-refractivity contribution < 1.29 is 19.1 Å². The van der Waals surface area contributed by atoms with Crippen LogP contribution in [0, 0.1) is 59.2 Å². The average molecular weight is 479 g/mol. The van der Waals surface area contributed by atoms with Crippen LogP contribution in [0.1, 0.15) is 108 Å². The molecule has 0 aliphatic heterocycles. The van der Waals surface area contributed by atoms with Crippen LogP contribution in [0.2, 0.25) is 0 Å². The predicted octanol–water partition coefficient (Wildman–Crippen LogP) is 7.54. The lowest BCUT2D eigenvalue weighted by molar-refractivity contribution is -0.177. The third kappa shape index (κ3) is 7.47. The highest BCUT2D eigenvalue weighted by atomic mass is 16.6. The molecule has 2 rings (SSSR count). The molecule has 2 saturated carbocycles. The van der Waals surface area contributed by atoms with Crippen molar-refractivity contribution in [1.29, 1.82) is 0 Å². The number of hydrogen-bond acceptors (Lipinski definition) is 4. The summed E-state index contributed by atoms with van der Waals surface area (Å²) in [6, 6.07) is 0. The van der Waals surface area contributed by atoms with Crippen molar-refractivity contribution in [2.45, 2.75) is 120 Å². The molecule has 0 N–H and O–H groups in total. The molecule has 0 saturated heterocycles. The normalized spacial score (nSPS) is 32.2. The Kier molecular flexibility index (Phi) is 11.0. The molecule has 198 valence electrons. The van der Waals surface area contributed by atoms with Crippen LogP contribution in [-0.4, -0.2) is 24.1 Å². The van der Waals surface area contributed by atoms with Crippen LogP contribution in [0.25, 0.3) is 0 Å². The zero-order chi connectivity index (χ0) is 25.7. The fraction of sp³-hybridized carbons (Fsp3) is 0.933. The van der Waals surface area contributed by atoms with Gasteiger partial charge in [-0.05, 0) is 73.0 Å². The van der Waals surface area contributed by atoms with Gasteiger partial charge in [0.2, 0.25) is 0 Å². The smallest absolute Gasteiger partial charge is 0.310 e. The second-order valence-electron chi connectivity index (χ2n) is 13.1. The number of esters is 2. The van der Waals surface area contributed by atoms with Crippen molar-refractivity contribution in [3.05, 3.63) is 0 Å². The Hall–Kier alpha value is -1.06. The molecule has 0 aromatic heterocycles. The van der Waals surface area contributed by atoms with E-state index in [1.54, 1.807) is 0 Å². The average Bonchev–Trinajstić information content (AvgIpc) is 2.70. The van der Waals surface area contributed by atoms with E-state index in [4.69, 9.17) is 9.47 Å². The first-order valence-corrected chi connectivity index (χ1v) is 14.2. The molecule has 8 atom stereocenters. The molecule has 0 spiro atoms. The highest BCUT2D eigenvalue weighted by Gasteiger charge is 2.44. The summed E-state index contributed by atoms with van der Waals surface area (Å²) in [7, 11) is 0. The van der Waals surface area contributed by atoms with Crippen LogP contribution >= 0.6 is 0 Å². The minimum Gasteiger partial charge on any atom is -0.462 e. The van der Waals surface area contributed by atoms with Gasteiger partial charge in [-0.25, -0.2) is 0 Å². The van der Waals surface area contributed by atoms with Gasteiger partial charge < -0.3 is 9.47 Å². The lowest BCUT2D eigenvalue weighted by atomic mass is 9.74. The summed E-state index contributed by atoms with van der Waals surface area (Å²) in [4.78, 5) is 27.3. The number of carbonyl (C=O) groups excluding carboxylic acids is 2. The van der Waals surface area contributed by atoms with Gasteiger partial charge in [-0.15, -0.1) is 0 Å². The van der Waals surface area contributed by atoms with Crippen LogP contribution < -0.4 is 0 Å². The predicted molar refractivity (Wildman–Crippen MR) is 139 cm³/mol. The SMILES string of the molecule is CC(C)[C@@H]1CC[C@@H](C)C[C@H]1OC(=O)[C@@H](C(C)C)[C@@H](C(=O)O[C@@H]1C[C@H](C)CC[C@H]1C(C)C)C(C)C. The molecule has 2 aliphatic carbocycles. The van der Waals surface area contributed by atoms with Crippen molar-refractivity contribution in [2.75, 3.05) is 0 Å². The van der Waals surface area contributed by atoms with E-state index >= 15 is 0 Å². The van der Waals surface area contributed by atoms with E-state index in [0.717, 1.165) is 25.7 Å². The highest BCUT2D eigenvalue weighted by Crippen LogP contribution is 2.39. The van der Waals surface area contributed by atoms with Crippen molar-refractivity contribution in [3.8, 4) is 0 Å². The molecule has 0 heterocycles. The molecule has 34 heavy (non-hydrogen) atoms. The summed E-state index contributed by atoms with van der Waals surface area (Å²) in [6.45, 7) is 21.6. The standard InChI is InChI=1S/C30H54O4/c1-17(2)23-13-11-21(9)15-25(23)33-29(31)27(19(5)6)28(20(7)8)30(32)34-26-16-22(10)12-14-24(26)18(3)4/h17-28H,11-16H2,1-10H3/t21-,22-,23+,24+,25-,26-,27+,28+/m1/s1. The van der Waals surface area contributed by atoms with E-state index in [1.165, 1.54) is 12.8 Å². The van der Waals surface area contributed by atoms with E-state index in [1.807, 2.05) is 27.7 Å². The molecule has 0 unspecified atom stereocenters. The van der Waals surface area contributed by atoms with Crippen LogP contribution in [0.15, 0.2) is 0 Å². The maximum Gasteiger partial charge on any atom is 0.310 e. The van der Waals surface area contributed by atoms with Gasteiger partial charge in [-0.2, -0.15) is 0 Å². The fourth-order valence-electron chi connectivity index (χ4n) is 6.62. The van der Waals surface area contributed by atoms with E-state index in [9.17, 15) is 9.59 Å². The quantitative estimate of drug-likeness (QED) is 0.321. The van der Waals surface area contributed by atoms with E-state index < -0.39 is 11.8 Å². The highest BCUT2D eigenvalue weighted by molar-refractivity contribution is 5.82. The Morgan fingerprint density at radius 3 is 1.18 bits per heavy atom. The van der Waals surface area contributed by atoms with Crippen LogP contribution in [-0.2, 0) is 19.1 Å². The first kappa shape index (κ1) is 29.2. The van der Waals surface area contributed by atoms with E-state index in [0.29, 0.717) is 35.5 Å². The zero-order valence-electron chi connectivity index (χ0n) is 23.8. The van der Waals surface area contributed by atoms with E-state index in [2.05, 4.69) is 41.5 Å². The molecule has 4 heteroatoms. The van der Waals surface area contributed by atoms with Gasteiger partial charge >= 0.3 is 11.9 Å². The Morgan fingerprint density at radius 1 is 0.588 bits per heavy atom. The summed E-state index contributed by atoms with van der Waals surface area (Å²) < 4.78 is 12.5. The van der Waals surface area contributed by atoms with Crippen molar-refractivity contribution in [1.82, 2.24) is 0 Å². The van der Waals surface area contributed by atoms with Crippen LogP contribution in [0.5, 0.6) is 0 Å². The Labute approximate surface area is 210 Å². The molecule has 0 radical (unpaired) electrons. The molecule has 0 aromatic rings. The minimum absolute atomic E-state index is 0.0112. The van der Waals surface area contributed by atoms with Gasteiger partial charge in [0.05, 0.1) is 11.8 Å². The van der Waals surface area contributed by atoms with Crippen LogP contribution in [0.4, 0.5) is 0 Å². The third-order valence-corrected chi connectivity index (χ3v) is 8.83. The summed E-state index contributed by atoms with van der Waals surface area (Å²) in [6.07, 6.45) is 6.35. The number of carbonyl (C=O) groups is 2. The number of rotatable bonds is 9. The molecule has 0 bridgehead atoms. The summed E-state index contributed by atoms with van der Waals surface area (Å²) >= 11 is 0. The first-order valence-electron chi connectivity index (χ1n) is 14.2. The largest absolute Gasteiger partial charge is 0.462 e. The molecular formula is C30H54O4. The van der Waals surface area contributed by atoms with Crippen LogP contribution in [0.3, 0.4) is 0 Å². The van der Waals surface area contributed by atoms with Gasteiger partial charge in [-0.1, -0.05) is 82.1 Å². The minimum atomic E-state index is -0.476. The summed E-state index contributed by atoms with van der Waals surface area (Å²) in [5, 5.41) is 0. The maximum atomic E-state index is 13.7. The molecular weight excluding hydrogens is 424 g/mol. The second-order valence-corrected chi connectivity index (χ2v) is 13.1. The van der Waals surface area contributed by atoms with Gasteiger partial charge in [0, 0.05) is 0 Å². The maximum absolute atomic E-state index is 13.7. The van der Waals surface area contributed by atoms with Gasteiger partial charge in [0.15, 0.2) is 0 Å². The molecule has 2 fully saturated rings. The lowest BCUT2D eigenvalue weighted by Crippen LogP contribution is -2.45. The second kappa shape index (κ2) is 12.8. The fourth-order valence-corrected chi connectivity index (χ4v) is 6.62. The monoisotopic (exact) mass is 478 g/mol. The van der Waals surface area contributed by atoms with Gasteiger partial charge in [0.25, 0.3) is 0 Å². The zero-order valence-corrected chi connectivity index (χ0v) is 23.8. The Bertz CT molecular complexity index is 596. The van der Waals surface area contributed by atoms with Crippen molar-refractivity contribution >= 4 is 11.9 Å². The van der Waals surface area contributed by atoms with Gasteiger partial charge in [0.1, 0.15) is 12.2 Å². The van der Waals surface area contributed by atoms with Crippen molar-refractivity contribution in [2.24, 2.45) is 59.2 Å². The Morgan fingerprint density at radius 2 is 0.912 bits per heavy atom. The summed E-state index contributed by atoms with van der Waals surface area (Å²) in [5.41, 5.74) is 0. The van der Waals surface area contributed by atoms with E-state index in [-0.39, 0.29) is 36.0 Å². The Balaban J connectivity index is 2.22. The number of ether oxygens (including phenoxy) is 2. The third-order valence-electron chi connectivity index (χ3n) is 8.83. The molecule has 2 aliphatic rings. The molecule has 4 nitrogen and oxygen atoms in total. The molecule has 0 amide bonds. The molecule has 0 aromatic carbocycles. The van der Waals surface area contributed by atoms with Crippen molar-refractivity contribution in [3.63, 3.8) is 0 Å². The lowest BCUT2D eigenvalue weighted by Gasteiger charge is -2.40. The first-order chi connectivity index (χ1) is 15.8. The summed E-state index contributed by atoms with van der Waals surface area (Å²) in [5.74, 6) is 1.56. The number of hydrogen-bond donors (Lipinski definition) is 0. The topological polar surface area (TPSA) is 52.6 Å². The van der Waals surface area contributed by atoms with Gasteiger partial charge in [-0.3, -0.25) is 9.59 Å².